The minimum Gasteiger partial charge on any atom is -0.464 e. The van der Waals surface area contributed by atoms with E-state index in [0.29, 0.717) is 30.0 Å². The van der Waals surface area contributed by atoms with Crippen molar-refractivity contribution in [3.8, 4) is 6.07 Å². The topological polar surface area (TPSA) is 52.5 Å². The number of hydrogen-bond donors (Lipinski definition) is 0. The first-order chi connectivity index (χ1) is 13.6. The van der Waals surface area contributed by atoms with Crippen molar-refractivity contribution in [1.82, 2.24) is 4.90 Å². The zero-order chi connectivity index (χ0) is 19.7. The van der Waals surface area contributed by atoms with Crippen LogP contribution in [0.15, 0.2) is 52.1 Å². The van der Waals surface area contributed by atoms with Gasteiger partial charge in [0.1, 0.15) is 17.2 Å². The fourth-order valence-corrected chi connectivity index (χ4v) is 3.89. The molecule has 0 bridgehead atoms. The Balaban J connectivity index is 1.69. The summed E-state index contributed by atoms with van der Waals surface area (Å²) in [7, 11) is 0. The SMILES string of the molecule is CC(C)N1CCN=C1c1cccc(F)c1CCc1cc(C#N)cc2ccoc12. The van der Waals surface area contributed by atoms with E-state index in [0.717, 1.165) is 41.0 Å². The van der Waals surface area contributed by atoms with Gasteiger partial charge in [-0.2, -0.15) is 5.26 Å². The molecule has 3 aromatic rings. The van der Waals surface area contributed by atoms with Crippen molar-refractivity contribution < 1.29 is 8.81 Å². The molecule has 142 valence electrons. The number of benzene rings is 2. The van der Waals surface area contributed by atoms with Gasteiger partial charge in [-0.15, -0.1) is 0 Å². The van der Waals surface area contributed by atoms with E-state index in [4.69, 9.17) is 4.42 Å². The summed E-state index contributed by atoms with van der Waals surface area (Å²) in [5.41, 5.74) is 3.79. The molecular weight excluding hydrogens is 353 g/mol. The van der Waals surface area contributed by atoms with E-state index in [1.54, 1.807) is 12.3 Å². The maximum atomic E-state index is 14.8. The van der Waals surface area contributed by atoms with Gasteiger partial charge in [-0.3, -0.25) is 4.99 Å². The molecule has 0 fully saturated rings. The summed E-state index contributed by atoms with van der Waals surface area (Å²) >= 11 is 0. The second-order valence-corrected chi connectivity index (χ2v) is 7.34. The number of nitriles is 1. The number of furan rings is 1. The minimum atomic E-state index is -0.220. The predicted molar refractivity (Wildman–Crippen MR) is 108 cm³/mol. The first-order valence-electron chi connectivity index (χ1n) is 9.57. The van der Waals surface area contributed by atoms with E-state index in [-0.39, 0.29) is 5.82 Å². The number of fused-ring (bicyclic) bond motifs is 1. The molecule has 1 aromatic heterocycles. The van der Waals surface area contributed by atoms with Gasteiger partial charge in [-0.05, 0) is 62.1 Å². The Morgan fingerprint density at radius 2 is 2.11 bits per heavy atom. The van der Waals surface area contributed by atoms with Gasteiger partial charge in [-0.1, -0.05) is 12.1 Å². The van der Waals surface area contributed by atoms with Crippen LogP contribution in [0, 0.1) is 17.1 Å². The van der Waals surface area contributed by atoms with Gasteiger partial charge in [-0.25, -0.2) is 4.39 Å². The molecular formula is C23H22FN3O. The van der Waals surface area contributed by atoms with E-state index < -0.39 is 0 Å². The van der Waals surface area contributed by atoms with Gasteiger partial charge >= 0.3 is 0 Å². The van der Waals surface area contributed by atoms with Crippen molar-refractivity contribution >= 4 is 16.8 Å². The first kappa shape index (κ1) is 18.2. The summed E-state index contributed by atoms with van der Waals surface area (Å²) in [6.07, 6.45) is 2.72. The summed E-state index contributed by atoms with van der Waals surface area (Å²) in [6, 6.07) is 13.2. The summed E-state index contributed by atoms with van der Waals surface area (Å²) in [5, 5.41) is 10.2. The van der Waals surface area contributed by atoms with Crippen LogP contribution in [-0.2, 0) is 12.8 Å². The zero-order valence-electron chi connectivity index (χ0n) is 16.1. The Morgan fingerprint density at radius 3 is 2.89 bits per heavy atom. The molecule has 1 aliphatic rings. The van der Waals surface area contributed by atoms with Crippen LogP contribution in [0.5, 0.6) is 0 Å². The number of halogens is 1. The molecule has 0 unspecified atom stereocenters. The number of amidine groups is 1. The van der Waals surface area contributed by atoms with Crippen molar-refractivity contribution in [2.24, 2.45) is 4.99 Å². The van der Waals surface area contributed by atoms with Crippen LogP contribution in [0.25, 0.3) is 11.0 Å². The smallest absolute Gasteiger partial charge is 0.137 e. The Morgan fingerprint density at radius 1 is 1.25 bits per heavy atom. The van der Waals surface area contributed by atoms with Gasteiger partial charge in [0.05, 0.1) is 24.4 Å². The predicted octanol–water partition coefficient (Wildman–Crippen LogP) is 4.70. The maximum Gasteiger partial charge on any atom is 0.137 e. The Kier molecular flexibility index (Phi) is 4.87. The largest absolute Gasteiger partial charge is 0.464 e. The first-order valence-corrected chi connectivity index (χ1v) is 9.57. The van der Waals surface area contributed by atoms with Crippen LogP contribution >= 0.6 is 0 Å². The molecule has 0 radical (unpaired) electrons. The lowest BCUT2D eigenvalue weighted by Gasteiger charge is -2.26. The summed E-state index contributed by atoms with van der Waals surface area (Å²) in [6.45, 7) is 5.85. The number of rotatable bonds is 5. The molecule has 0 aliphatic carbocycles. The molecule has 5 heteroatoms. The van der Waals surface area contributed by atoms with E-state index >= 15 is 0 Å². The second-order valence-electron chi connectivity index (χ2n) is 7.34. The molecule has 0 saturated heterocycles. The number of aliphatic imine (C=N–C) groups is 1. The second kappa shape index (κ2) is 7.47. The van der Waals surface area contributed by atoms with Crippen LogP contribution in [0.2, 0.25) is 0 Å². The van der Waals surface area contributed by atoms with Gasteiger partial charge in [0.2, 0.25) is 0 Å². The van der Waals surface area contributed by atoms with Crippen molar-refractivity contribution in [2.45, 2.75) is 32.7 Å². The number of aryl methyl sites for hydroxylation is 1. The molecule has 28 heavy (non-hydrogen) atoms. The summed E-state index contributed by atoms with van der Waals surface area (Å²) in [4.78, 5) is 6.87. The monoisotopic (exact) mass is 375 g/mol. The average molecular weight is 375 g/mol. The highest BCUT2D eigenvalue weighted by Gasteiger charge is 2.24. The molecule has 1 aliphatic heterocycles. The molecule has 0 N–H and O–H groups in total. The van der Waals surface area contributed by atoms with E-state index in [1.165, 1.54) is 6.07 Å². The van der Waals surface area contributed by atoms with Crippen molar-refractivity contribution in [1.29, 1.82) is 5.26 Å². The molecule has 0 amide bonds. The normalized spacial score (nSPS) is 14.0. The molecule has 0 saturated carbocycles. The quantitative estimate of drug-likeness (QED) is 0.649. The van der Waals surface area contributed by atoms with E-state index in [1.807, 2.05) is 24.3 Å². The van der Waals surface area contributed by atoms with Crippen LogP contribution in [0.3, 0.4) is 0 Å². The molecule has 4 rings (SSSR count). The van der Waals surface area contributed by atoms with Crippen LogP contribution in [0.1, 0.15) is 36.1 Å². The third-order valence-electron chi connectivity index (χ3n) is 5.26. The van der Waals surface area contributed by atoms with Crippen LogP contribution in [0.4, 0.5) is 4.39 Å². The lowest BCUT2D eigenvalue weighted by atomic mass is 9.96. The fraction of sp³-hybridized carbons (Fsp3) is 0.304. The van der Waals surface area contributed by atoms with E-state index in [2.05, 4.69) is 29.8 Å². The van der Waals surface area contributed by atoms with E-state index in [9.17, 15) is 9.65 Å². The van der Waals surface area contributed by atoms with Crippen molar-refractivity contribution in [3.05, 3.63) is 70.7 Å². The fourth-order valence-electron chi connectivity index (χ4n) is 3.89. The summed E-state index contributed by atoms with van der Waals surface area (Å²) < 4.78 is 20.4. The van der Waals surface area contributed by atoms with Gasteiger partial charge in [0.15, 0.2) is 0 Å². The standard InChI is InChI=1S/C23H22FN3O/c1-15(2)27-10-9-26-23(27)20-4-3-5-21(24)19(20)7-6-17-12-16(14-25)13-18-8-11-28-22(17)18/h3-5,8,11-13,15H,6-7,9-10H2,1-2H3. The molecule has 2 heterocycles. The lowest BCUT2D eigenvalue weighted by molar-refractivity contribution is 0.381. The zero-order valence-corrected chi connectivity index (χ0v) is 16.1. The Bertz CT molecular complexity index is 1090. The third kappa shape index (κ3) is 3.27. The van der Waals surface area contributed by atoms with Crippen molar-refractivity contribution in [3.63, 3.8) is 0 Å². The Labute approximate surface area is 163 Å². The molecule has 0 atom stereocenters. The summed E-state index contributed by atoms with van der Waals surface area (Å²) in [5.74, 6) is 0.654. The minimum absolute atomic E-state index is 0.220. The third-order valence-corrected chi connectivity index (χ3v) is 5.26. The highest BCUT2D eigenvalue weighted by Crippen LogP contribution is 2.26. The average Bonchev–Trinajstić information content (AvgIpc) is 3.35. The molecule has 2 aromatic carbocycles. The van der Waals surface area contributed by atoms with Gasteiger partial charge in [0, 0.05) is 23.5 Å². The molecule has 4 nitrogen and oxygen atoms in total. The highest BCUT2D eigenvalue weighted by molar-refractivity contribution is 6.01. The van der Waals surface area contributed by atoms with Crippen LogP contribution < -0.4 is 0 Å². The van der Waals surface area contributed by atoms with Crippen LogP contribution in [-0.4, -0.2) is 29.9 Å². The van der Waals surface area contributed by atoms with Crippen molar-refractivity contribution in [2.75, 3.05) is 13.1 Å². The van der Waals surface area contributed by atoms with Gasteiger partial charge < -0.3 is 9.32 Å². The molecule has 0 spiro atoms. The highest BCUT2D eigenvalue weighted by atomic mass is 19.1. The number of hydrogen-bond acceptors (Lipinski definition) is 4. The lowest BCUT2D eigenvalue weighted by Crippen LogP contribution is -2.35. The maximum absolute atomic E-state index is 14.8. The number of nitrogens with zero attached hydrogens (tertiary/aromatic N) is 3. The Hall–Kier alpha value is -3.13. The van der Waals surface area contributed by atoms with Gasteiger partial charge in [0.25, 0.3) is 0 Å².